The smallest absolute Gasteiger partial charge is 0.343 e. The van der Waals surface area contributed by atoms with Crippen LogP contribution in [-0.4, -0.2) is 41.2 Å². The Balaban J connectivity index is 1.93. The largest absolute Gasteiger partial charge is 0.490 e. The second-order valence-electron chi connectivity index (χ2n) is 5.50. The number of hydrogen-bond acceptors (Lipinski definition) is 7. The van der Waals surface area contributed by atoms with Gasteiger partial charge in [0, 0.05) is 17.7 Å². The third kappa shape index (κ3) is 3.97. The van der Waals surface area contributed by atoms with Gasteiger partial charge in [0.2, 0.25) is 0 Å². The van der Waals surface area contributed by atoms with Crippen LogP contribution in [-0.2, 0) is 9.53 Å². The molecule has 0 spiro atoms. The summed E-state index contributed by atoms with van der Waals surface area (Å²) in [5.74, 6) is 0.884. The van der Waals surface area contributed by atoms with Gasteiger partial charge in [-0.15, -0.1) is 0 Å². The van der Waals surface area contributed by atoms with Gasteiger partial charge in [-0.1, -0.05) is 0 Å². The number of nitro groups is 1. The van der Waals surface area contributed by atoms with Crippen molar-refractivity contribution < 1.29 is 23.9 Å². The fourth-order valence-corrected chi connectivity index (χ4v) is 2.49. The molecule has 3 rings (SSSR count). The van der Waals surface area contributed by atoms with E-state index in [0.717, 1.165) is 0 Å². The van der Waals surface area contributed by atoms with E-state index in [1.807, 2.05) is 6.92 Å². The Kier molecular flexibility index (Phi) is 5.20. The van der Waals surface area contributed by atoms with Gasteiger partial charge < -0.3 is 19.2 Å². The van der Waals surface area contributed by atoms with Crippen molar-refractivity contribution in [1.29, 1.82) is 0 Å². The Morgan fingerprint density at radius 3 is 2.70 bits per heavy atom. The van der Waals surface area contributed by atoms with Gasteiger partial charge in [-0.2, -0.15) is 0 Å². The summed E-state index contributed by atoms with van der Waals surface area (Å²) in [6, 6.07) is 9.57. The number of hydrogen-bond donors (Lipinski definition) is 1. The number of fused-ring (bicyclic) bond motifs is 1. The summed E-state index contributed by atoms with van der Waals surface area (Å²) < 4.78 is 15.6. The van der Waals surface area contributed by atoms with E-state index < -0.39 is 10.9 Å². The molecule has 140 valence electrons. The van der Waals surface area contributed by atoms with Crippen LogP contribution in [0.4, 0.5) is 5.69 Å². The molecular weight excluding hydrogens is 354 g/mol. The van der Waals surface area contributed by atoms with E-state index >= 15 is 0 Å². The Bertz CT molecular complexity index is 998. The Morgan fingerprint density at radius 1 is 1.19 bits per heavy atom. The highest BCUT2D eigenvalue weighted by molar-refractivity contribution is 5.81. The maximum absolute atomic E-state index is 11.3. The van der Waals surface area contributed by atoms with E-state index in [2.05, 4.69) is 14.7 Å². The van der Waals surface area contributed by atoms with E-state index in [0.29, 0.717) is 40.5 Å². The quantitative estimate of drug-likeness (QED) is 0.385. The molecule has 0 fully saturated rings. The van der Waals surface area contributed by atoms with Crippen LogP contribution in [0.1, 0.15) is 6.92 Å². The second-order valence-corrected chi connectivity index (χ2v) is 5.50. The number of H-pyrrole nitrogens is 1. The topological polar surface area (TPSA) is 117 Å². The predicted octanol–water partition coefficient (Wildman–Crippen LogP) is 3.09. The maximum atomic E-state index is 11.3. The molecule has 9 heteroatoms. The third-order valence-electron chi connectivity index (χ3n) is 3.77. The van der Waals surface area contributed by atoms with Crippen LogP contribution >= 0.6 is 0 Å². The zero-order valence-electron chi connectivity index (χ0n) is 14.7. The number of benzene rings is 2. The first-order chi connectivity index (χ1) is 13.0. The van der Waals surface area contributed by atoms with Crippen molar-refractivity contribution in [3.8, 4) is 22.9 Å². The molecule has 0 aliphatic rings. The number of nitrogens with one attached hydrogen (secondary N) is 1. The number of nitro benzene ring substituents is 1. The Morgan fingerprint density at radius 2 is 2.00 bits per heavy atom. The fraction of sp³-hybridized carbons (Fsp3) is 0.222. The Labute approximate surface area is 154 Å². The summed E-state index contributed by atoms with van der Waals surface area (Å²) >= 11 is 0. The minimum absolute atomic E-state index is 0.0146. The number of aromatic amines is 1. The molecule has 1 heterocycles. The van der Waals surface area contributed by atoms with Gasteiger partial charge in [-0.25, -0.2) is 9.78 Å². The summed E-state index contributed by atoms with van der Waals surface area (Å²) in [7, 11) is 1.28. The van der Waals surface area contributed by atoms with Crippen LogP contribution in [0.15, 0.2) is 36.4 Å². The first kappa shape index (κ1) is 18.2. The first-order valence-electron chi connectivity index (χ1n) is 8.12. The van der Waals surface area contributed by atoms with Crippen LogP contribution in [0, 0.1) is 10.1 Å². The number of aromatic nitrogens is 2. The second kappa shape index (κ2) is 7.73. The van der Waals surface area contributed by atoms with Crippen molar-refractivity contribution in [3.63, 3.8) is 0 Å². The van der Waals surface area contributed by atoms with Gasteiger partial charge in [-0.3, -0.25) is 10.1 Å². The highest BCUT2D eigenvalue weighted by Crippen LogP contribution is 2.33. The molecule has 0 aliphatic carbocycles. The van der Waals surface area contributed by atoms with Gasteiger partial charge in [-0.05, 0) is 31.2 Å². The normalized spacial score (nSPS) is 10.6. The molecule has 9 nitrogen and oxygen atoms in total. The molecule has 0 aliphatic heterocycles. The molecule has 0 atom stereocenters. The molecule has 0 saturated heterocycles. The summed E-state index contributed by atoms with van der Waals surface area (Å²) in [6.45, 7) is 2.01. The van der Waals surface area contributed by atoms with E-state index in [-0.39, 0.29) is 12.3 Å². The van der Waals surface area contributed by atoms with Crippen molar-refractivity contribution >= 4 is 22.7 Å². The highest BCUT2D eigenvalue weighted by atomic mass is 16.6. The van der Waals surface area contributed by atoms with E-state index in [1.165, 1.54) is 19.2 Å². The van der Waals surface area contributed by atoms with Crippen LogP contribution in [0.2, 0.25) is 0 Å². The number of carbonyl (C=O) groups is 1. The maximum Gasteiger partial charge on any atom is 0.343 e. The fourth-order valence-electron chi connectivity index (χ4n) is 2.49. The lowest BCUT2D eigenvalue weighted by Gasteiger charge is -2.12. The number of non-ortho nitro benzene ring substituents is 1. The van der Waals surface area contributed by atoms with E-state index in [9.17, 15) is 14.9 Å². The van der Waals surface area contributed by atoms with Gasteiger partial charge in [0.15, 0.2) is 18.1 Å². The van der Waals surface area contributed by atoms with Gasteiger partial charge in [0.1, 0.15) is 5.82 Å². The van der Waals surface area contributed by atoms with Crippen molar-refractivity contribution in [1.82, 2.24) is 9.97 Å². The number of rotatable bonds is 7. The average Bonchev–Trinajstić information content (AvgIpc) is 3.10. The standard InChI is InChI=1S/C18H17N3O6/c1-3-26-16-8-11(4-7-15(16)27-10-17(22)25-2)18-19-13-6-5-12(21(23)24)9-14(13)20-18/h4-9H,3,10H2,1-2H3,(H,19,20). The number of methoxy groups -OCH3 is 1. The Hall–Kier alpha value is -3.62. The lowest BCUT2D eigenvalue weighted by molar-refractivity contribution is -0.384. The molecule has 0 saturated carbocycles. The summed E-state index contributed by atoms with van der Waals surface area (Å²) in [4.78, 5) is 29.2. The molecular formula is C18H17N3O6. The minimum atomic E-state index is -0.500. The lowest BCUT2D eigenvalue weighted by atomic mass is 10.2. The molecule has 0 radical (unpaired) electrons. The molecule has 0 unspecified atom stereocenters. The third-order valence-corrected chi connectivity index (χ3v) is 3.77. The van der Waals surface area contributed by atoms with Crippen LogP contribution in [0.25, 0.3) is 22.4 Å². The molecule has 1 aromatic heterocycles. The number of ether oxygens (including phenoxy) is 3. The lowest BCUT2D eigenvalue weighted by Crippen LogP contribution is -2.13. The van der Waals surface area contributed by atoms with Crippen LogP contribution in [0.3, 0.4) is 0 Å². The average molecular weight is 371 g/mol. The number of esters is 1. The monoisotopic (exact) mass is 371 g/mol. The zero-order chi connectivity index (χ0) is 19.4. The van der Waals surface area contributed by atoms with Crippen molar-refractivity contribution in [3.05, 3.63) is 46.5 Å². The molecule has 3 aromatic rings. The van der Waals surface area contributed by atoms with E-state index in [1.54, 1.807) is 24.3 Å². The van der Waals surface area contributed by atoms with Gasteiger partial charge in [0.25, 0.3) is 5.69 Å². The SMILES string of the molecule is CCOc1cc(-c2nc3ccc([N+](=O)[O-])cc3[nH]2)ccc1OCC(=O)OC. The van der Waals surface area contributed by atoms with Gasteiger partial charge in [0.05, 0.1) is 29.7 Å². The minimum Gasteiger partial charge on any atom is -0.490 e. The summed E-state index contributed by atoms with van der Waals surface area (Å²) in [5.41, 5.74) is 1.87. The molecule has 27 heavy (non-hydrogen) atoms. The van der Waals surface area contributed by atoms with E-state index in [4.69, 9.17) is 9.47 Å². The zero-order valence-corrected chi connectivity index (χ0v) is 14.7. The predicted molar refractivity (Wildman–Crippen MR) is 96.9 cm³/mol. The van der Waals surface area contributed by atoms with Crippen LogP contribution < -0.4 is 9.47 Å². The highest BCUT2D eigenvalue weighted by Gasteiger charge is 2.14. The number of nitrogens with zero attached hydrogens (tertiary/aromatic N) is 2. The molecule has 1 N–H and O–H groups in total. The number of imidazole rings is 1. The first-order valence-corrected chi connectivity index (χ1v) is 8.12. The molecule has 2 aromatic carbocycles. The van der Waals surface area contributed by atoms with Crippen molar-refractivity contribution in [2.75, 3.05) is 20.3 Å². The summed E-state index contributed by atoms with van der Waals surface area (Å²) in [6.07, 6.45) is 0. The number of carbonyl (C=O) groups excluding carboxylic acids is 1. The van der Waals surface area contributed by atoms with Gasteiger partial charge >= 0.3 is 5.97 Å². The van der Waals surface area contributed by atoms with Crippen LogP contribution in [0.5, 0.6) is 11.5 Å². The molecule has 0 bridgehead atoms. The summed E-state index contributed by atoms with van der Waals surface area (Å²) in [5, 5.41) is 10.9. The van der Waals surface area contributed by atoms with Crippen molar-refractivity contribution in [2.24, 2.45) is 0 Å². The molecule has 0 amide bonds. The van der Waals surface area contributed by atoms with Crippen molar-refractivity contribution in [2.45, 2.75) is 6.92 Å².